The number of likely N-dealkylation sites (tertiary alicyclic amines) is 1. The van der Waals surface area contributed by atoms with E-state index in [0.717, 1.165) is 6.42 Å². The molecule has 0 N–H and O–H groups in total. The fraction of sp³-hybridized carbons (Fsp3) is 0.600. The highest BCUT2D eigenvalue weighted by Crippen LogP contribution is 2.25. The fourth-order valence-electron chi connectivity index (χ4n) is 2.52. The van der Waals surface area contributed by atoms with Gasteiger partial charge in [-0.25, -0.2) is 9.78 Å². The molecule has 1 aromatic heterocycles. The van der Waals surface area contributed by atoms with Gasteiger partial charge in [-0.1, -0.05) is 0 Å². The topological polar surface area (TPSA) is 103 Å². The van der Waals surface area contributed by atoms with Gasteiger partial charge >= 0.3 is 11.8 Å². The van der Waals surface area contributed by atoms with Crippen molar-refractivity contribution in [2.45, 2.75) is 50.3 Å². The highest BCUT2D eigenvalue weighted by Gasteiger charge is 2.34. The molecule has 24 heavy (non-hydrogen) atoms. The molecule has 2 rings (SSSR count). The van der Waals surface area contributed by atoms with Crippen molar-refractivity contribution in [3.05, 3.63) is 28.4 Å². The van der Waals surface area contributed by atoms with E-state index in [4.69, 9.17) is 4.74 Å². The zero-order chi connectivity index (χ0) is 17.9. The molecule has 1 fully saturated rings. The summed E-state index contributed by atoms with van der Waals surface area (Å²) in [5.41, 5.74) is -0.874. The van der Waals surface area contributed by atoms with Crippen molar-refractivity contribution in [1.82, 2.24) is 9.88 Å². The lowest BCUT2D eigenvalue weighted by Crippen LogP contribution is -2.42. The standard InChI is InChI=1S/C15H21N3O5S/c1-15(2,3)23-14(19)17-9-5-6-11(17)10-24(22)13-12(18(20)21)7-4-8-16-13/h4,7-8,11H,5-6,9-10H2,1-3H3. The van der Waals surface area contributed by atoms with E-state index >= 15 is 0 Å². The van der Waals surface area contributed by atoms with E-state index in [0.29, 0.717) is 13.0 Å². The molecule has 0 aliphatic carbocycles. The third-order valence-electron chi connectivity index (χ3n) is 3.51. The van der Waals surface area contributed by atoms with Gasteiger partial charge in [-0.2, -0.15) is 0 Å². The summed E-state index contributed by atoms with van der Waals surface area (Å²) in [6.45, 7) is 5.88. The van der Waals surface area contributed by atoms with Gasteiger partial charge in [0.15, 0.2) is 0 Å². The molecule has 8 nitrogen and oxygen atoms in total. The van der Waals surface area contributed by atoms with Crippen molar-refractivity contribution in [3.63, 3.8) is 0 Å². The van der Waals surface area contributed by atoms with E-state index in [-0.39, 0.29) is 22.5 Å². The summed E-state index contributed by atoms with van der Waals surface area (Å²) in [6, 6.07) is 2.43. The van der Waals surface area contributed by atoms with E-state index in [9.17, 15) is 19.1 Å². The zero-order valence-electron chi connectivity index (χ0n) is 13.9. The predicted octanol–water partition coefficient (Wildman–Crippen LogP) is 2.50. The first-order chi connectivity index (χ1) is 11.2. The van der Waals surface area contributed by atoms with Gasteiger partial charge in [-0.15, -0.1) is 0 Å². The summed E-state index contributed by atoms with van der Waals surface area (Å²) in [5.74, 6) is 0.108. The van der Waals surface area contributed by atoms with Crippen LogP contribution >= 0.6 is 0 Å². The van der Waals surface area contributed by atoms with E-state index in [2.05, 4.69) is 4.98 Å². The molecule has 2 unspecified atom stereocenters. The van der Waals surface area contributed by atoms with Crippen LogP contribution in [-0.2, 0) is 15.5 Å². The van der Waals surface area contributed by atoms with Crippen LogP contribution in [0, 0.1) is 10.1 Å². The third kappa shape index (κ3) is 4.50. The number of rotatable bonds is 4. The SMILES string of the molecule is CC(C)(C)OC(=O)N1CCCC1CS(=O)c1ncccc1[N+](=O)[O-]. The lowest BCUT2D eigenvalue weighted by atomic mass is 10.2. The van der Waals surface area contributed by atoms with Crippen molar-refractivity contribution in [2.24, 2.45) is 0 Å². The molecule has 132 valence electrons. The molecular formula is C15H21N3O5S. The van der Waals surface area contributed by atoms with Crippen LogP contribution in [0.3, 0.4) is 0 Å². The summed E-state index contributed by atoms with van der Waals surface area (Å²) in [4.78, 5) is 28.1. The minimum atomic E-state index is -1.67. The fourth-order valence-corrected chi connectivity index (χ4v) is 3.93. The number of amides is 1. The Morgan fingerprint density at radius 3 is 2.88 bits per heavy atom. The molecule has 0 saturated carbocycles. The van der Waals surface area contributed by atoms with Crippen molar-refractivity contribution >= 4 is 22.6 Å². The first-order valence-corrected chi connectivity index (χ1v) is 8.98. The maximum atomic E-state index is 12.5. The number of aromatic nitrogens is 1. The van der Waals surface area contributed by atoms with E-state index in [1.165, 1.54) is 18.3 Å². The Hall–Kier alpha value is -2.03. The number of pyridine rings is 1. The minimum Gasteiger partial charge on any atom is -0.444 e. The van der Waals surface area contributed by atoms with Gasteiger partial charge in [0.05, 0.1) is 21.5 Å². The average molecular weight is 355 g/mol. The second-order valence-electron chi connectivity index (χ2n) is 6.57. The van der Waals surface area contributed by atoms with E-state index in [1.807, 2.05) is 0 Å². The smallest absolute Gasteiger partial charge is 0.410 e. The van der Waals surface area contributed by atoms with Crippen LogP contribution in [-0.4, -0.2) is 49.0 Å². The number of nitro groups is 1. The average Bonchev–Trinajstić information content (AvgIpc) is 2.93. The van der Waals surface area contributed by atoms with Crippen molar-refractivity contribution < 1.29 is 18.7 Å². The molecule has 2 heterocycles. The van der Waals surface area contributed by atoms with Gasteiger partial charge < -0.3 is 9.64 Å². The Balaban J connectivity index is 2.11. The monoisotopic (exact) mass is 355 g/mol. The highest BCUT2D eigenvalue weighted by atomic mass is 32.2. The molecule has 1 amide bonds. The molecule has 1 saturated heterocycles. The van der Waals surface area contributed by atoms with E-state index < -0.39 is 27.4 Å². The molecular weight excluding hydrogens is 334 g/mol. The highest BCUT2D eigenvalue weighted by molar-refractivity contribution is 7.85. The Kier molecular flexibility index (Phi) is 5.53. The minimum absolute atomic E-state index is 0.0569. The first-order valence-electron chi connectivity index (χ1n) is 7.66. The lowest BCUT2D eigenvalue weighted by molar-refractivity contribution is -0.388. The Bertz CT molecular complexity index is 659. The molecule has 0 bridgehead atoms. The van der Waals surface area contributed by atoms with Crippen LogP contribution < -0.4 is 0 Å². The second-order valence-corrected chi connectivity index (χ2v) is 7.98. The van der Waals surface area contributed by atoms with Crippen LogP contribution in [0.25, 0.3) is 0 Å². The van der Waals surface area contributed by atoms with Gasteiger partial charge in [0.25, 0.3) is 0 Å². The summed E-state index contributed by atoms with van der Waals surface area (Å²) in [5, 5.41) is 11.0. The number of hydrogen-bond acceptors (Lipinski definition) is 6. The first kappa shape index (κ1) is 18.3. The Labute approximate surface area is 142 Å². The van der Waals surface area contributed by atoms with E-state index in [1.54, 1.807) is 25.7 Å². The van der Waals surface area contributed by atoms with Gasteiger partial charge in [-0.05, 0) is 39.7 Å². The van der Waals surface area contributed by atoms with Gasteiger partial charge in [0.2, 0.25) is 5.03 Å². The van der Waals surface area contributed by atoms with Gasteiger partial charge in [0.1, 0.15) is 5.60 Å². The van der Waals surface area contributed by atoms with Crippen LogP contribution in [0.2, 0.25) is 0 Å². The maximum absolute atomic E-state index is 12.5. The maximum Gasteiger partial charge on any atom is 0.410 e. The summed E-state index contributed by atoms with van der Waals surface area (Å²) in [6.07, 6.45) is 2.40. The molecule has 0 radical (unpaired) electrons. The van der Waals surface area contributed by atoms with Crippen LogP contribution in [0.15, 0.2) is 23.4 Å². The van der Waals surface area contributed by atoms with Crippen molar-refractivity contribution in [2.75, 3.05) is 12.3 Å². The molecule has 1 aliphatic heterocycles. The number of nitrogens with zero attached hydrogens (tertiary/aromatic N) is 3. The molecule has 2 atom stereocenters. The quantitative estimate of drug-likeness (QED) is 0.607. The van der Waals surface area contributed by atoms with Gasteiger partial charge in [0, 0.05) is 24.8 Å². The lowest BCUT2D eigenvalue weighted by Gasteiger charge is -2.28. The summed E-state index contributed by atoms with van der Waals surface area (Å²) < 4.78 is 17.9. The normalized spacial score (nSPS) is 19.1. The zero-order valence-corrected chi connectivity index (χ0v) is 14.7. The second kappa shape index (κ2) is 7.25. The Morgan fingerprint density at radius 1 is 1.54 bits per heavy atom. The summed E-state index contributed by atoms with van der Waals surface area (Å²) in [7, 11) is -1.67. The number of carbonyl (C=O) groups excluding carboxylic acids is 1. The molecule has 1 aliphatic rings. The van der Waals surface area contributed by atoms with Gasteiger partial charge in [-0.3, -0.25) is 14.3 Å². The molecule has 0 spiro atoms. The number of carbonyl (C=O) groups is 1. The van der Waals surface area contributed by atoms with Crippen molar-refractivity contribution in [1.29, 1.82) is 0 Å². The Morgan fingerprint density at radius 2 is 2.25 bits per heavy atom. The van der Waals surface area contributed by atoms with Crippen molar-refractivity contribution in [3.8, 4) is 0 Å². The van der Waals surface area contributed by atoms with Crippen LogP contribution in [0.1, 0.15) is 33.6 Å². The largest absolute Gasteiger partial charge is 0.444 e. The van der Waals surface area contributed by atoms with Crippen LogP contribution in [0.4, 0.5) is 10.5 Å². The van der Waals surface area contributed by atoms with Crippen LogP contribution in [0.5, 0.6) is 0 Å². The number of hydrogen-bond donors (Lipinski definition) is 0. The summed E-state index contributed by atoms with van der Waals surface area (Å²) >= 11 is 0. The molecule has 1 aromatic rings. The molecule has 9 heteroatoms. The number of ether oxygens (including phenoxy) is 1. The third-order valence-corrected chi connectivity index (χ3v) is 4.95. The predicted molar refractivity (Wildman–Crippen MR) is 88.1 cm³/mol. The molecule has 0 aromatic carbocycles.